The van der Waals surface area contributed by atoms with Gasteiger partial charge in [0.25, 0.3) is 0 Å². The number of esters is 1. The maximum absolute atomic E-state index is 11.7. The first kappa shape index (κ1) is 10.2. The lowest BCUT2D eigenvalue weighted by molar-refractivity contribution is 0.0226. The van der Waals surface area contributed by atoms with Crippen LogP contribution in [-0.2, 0) is 4.74 Å². The van der Waals surface area contributed by atoms with Crippen molar-refractivity contribution < 1.29 is 9.53 Å². The van der Waals surface area contributed by atoms with Crippen LogP contribution in [0, 0.1) is 5.92 Å². The van der Waals surface area contributed by atoms with E-state index in [0.717, 1.165) is 6.42 Å². The second-order valence-corrected chi connectivity index (χ2v) is 4.22. The molecule has 0 heterocycles. The zero-order chi connectivity index (χ0) is 10.7. The van der Waals surface area contributed by atoms with Crippen molar-refractivity contribution in [3.05, 3.63) is 35.9 Å². The predicted molar refractivity (Wildman–Crippen MR) is 58.7 cm³/mol. The summed E-state index contributed by atoms with van der Waals surface area (Å²) < 4.78 is 5.47. The van der Waals surface area contributed by atoms with Gasteiger partial charge in [-0.2, -0.15) is 0 Å². The highest BCUT2D eigenvalue weighted by Crippen LogP contribution is 2.28. The van der Waals surface area contributed by atoms with Crippen molar-refractivity contribution >= 4 is 5.97 Å². The molecule has 80 valence electrons. The van der Waals surface area contributed by atoms with E-state index in [1.54, 1.807) is 12.1 Å². The van der Waals surface area contributed by atoms with Gasteiger partial charge in [-0.1, -0.05) is 25.1 Å². The van der Waals surface area contributed by atoms with E-state index in [2.05, 4.69) is 6.92 Å². The Kier molecular flexibility index (Phi) is 3.05. The zero-order valence-electron chi connectivity index (χ0n) is 8.98. The van der Waals surface area contributed by atoms with Crippen LogP contribution in [0.15, 0.2) is 30.3 Å². The predicted octanol–water partition coefficient (Wildman–Crippen LogP) is 3.03. The number of hydrogen-bond donors (Lipinski definition) is 0. The molecular weight excluding hydrogens is 188 g/mol. The van der Waals surface area contributed by atoms with Crippen LogP contribution in [0.1, 0.15) is 36.5 Å². The van der Waals surface area contributed by atoms with E-state index in [1.165, 1.54) is 12.8 Å². The van der Waals surface area contributed by atoms with Gasteiger partial charge in [0.2, 0.25) is 0 Å². The molecule has 0 radical (unpaired) electrons. The molecule has 0 spiro atoms. The summed E-state index contributed by atoms with van der Waals surface area (Å²) in [6.07, 6.45) is 3.48. The fourth-order valence-electron chi connectivity index (χ4n) is 2.07. The smallest absolute Gasteiger partial charge is 0.338 e. The van der Waals surface area contributed by atoms with E-state index in [-0.39, 0.29) is 12.1 Å². The van der Waals surface area contributed by atoms with Gasteiger partial charge in [0.15, 0.2) is 0 Å². The second kappa shape index (κ2) is 4.47. The Hall–Kier alpha value is -1.31. The van der Waals surface area contributed by atoms with Crippen molar-refractivity contribution in [2.24, 2.45) is 5.92 Å². The minimum atomic E-state index is -0.186. The van der Waals surface area contributed by atoms with Crippen molar-refractivity contribution in [1.29, 1.82) is 0 Å². The summed E-state index contributed by atoms with van der Waals surface area (Å²) in [4.78, 5) is 11.7. The van der Waals surface area contributed by atoms with Crippen LogP contribution in [0.3, 0.4) is 0 Å². The molecule has 1 fully saturated rings. The Labute approximate surface area is 90.3 Å². The minimum absolute atomic E-state index is 0.123. The molecule has 1 aliphatic rings. The molecule has 1 aliphatic carbocycles. The molecule has 1 aromatic carbocycles. The lowest BCUT2D eigenvalue weighted by Crippen LogP contribution is -2.20. The van der Waals surface area contributed by atoms with E-state index < -0.39 is 0 Å². The Morgan fingerprint density at radius 2 is 2.00 bits per heavy atom. The number of carbonyl (C=O) groups is 1. The molecule has 2 nitrogen and oxygen atoms in total. The first-order chi connectivity index (χ1) is 7.27. The maximum atomic E-state index is 11.7. The monoisotopic (exact) mass is 204 g/mol. The summed E-state index contributed by atoms with van der Waals surface area (Å²) in [6, 6.07) is 9.20. The Morgan fingerprint density at radius 3 is 2.60 bits per heavy atom. The molecule has 0 amide bonds. The number of hydrogen-bond acceptors (Lipinski definition) is 2. The molecule has 1 saturated carbocycles. The van der Waals surface area contributed by atoms with Crippen LogP contribution < -0.4 is 0 Å². The van der Waals surface area contributed by atoms with E-state index in [9.17, 15) is 4.79 Å². The van der Waals surface area contributed by atoms with Crippen molar-refractivity contribution in [2.45, 2.75) is 32.3 Å². The van der Waals surface area contributed by atoms with Crippen LogP contribution in [0.4, 0.5) is 0 Å². The van der Waals surface area contributed by atoms with Gasteiger partial charge in [-0.3, -0.25) is 0 Å². The Balaban J connectivity index is 1.98. The highest BCUT2D eigenvalue weighted by Gasteiger charge is 2.26. The summed E-state index contributed by atoms with van der Waals surface area (Å²) >= 11 is 0. The van der Waals surface area contributed by atoms with E-state index in [1.807, 2.05) is 18.2 Å². The summed E-state index contributed by atoms with van der Waals surface area (Å²) in [6.45, 7) is 2.15. The molecule has 0 bridgehead atoms. The van der Waals surface area contributed by atoms with Crippen molar-refractivity contribution in [2.75, 3.05) is 0 Å². The van der Waals surface area contributed by atoms with Gasteiger partial charge >= 0.3 is 5.97 Å². The molecule has 2 heteroatoms. The third kappa shape index (κ3) is 2.38. The van der Waals surface area contributed by atoms with Crippen molar-refractivity contribution in [1.82, 2.24) is 0 Å². The summed E-state index contributed by atoms with van der Waals surface area (Å²) in [5.41, 5.74) is 0.650. The fraction of sp³-hybridized carbons (Fsp3) is 0.462. The molecule has 0 unspecified atom stereocenters. The second-order valence-electron chi connectivity index (χ2n) is 4.22. The molecule has 0 saturated heterocycles. The van der Waals surface area contributed by atoms with Gasteiger partial charge < -0.3 is 4.74 Å². The van der Waals surface area contributed by atoms with Gasteiger partial charge in [-0.05, 0) is 37.3 Å². The highest BCUT2D eigenvalue weighted by molar-refractivity contribution is 5.89. The molecule has 2 atom stereocenters. The van der Waals surface area contributed by atoms with Gasteiger partial charge in [0.1, 0.15) is 6.10 Å². The van der Waals surface area contributed by atoms with Crippen LogP contribution in [0.5, 0.6) is 0 Å². The lowest BCUT2D eigenvalue weighted by atomic mass is 10.1. The van der Waals surface area contributed by atoms with Crippen LogP contribution in [-0.4, -0.2) is 12.1 Å². The first-order valence-corrected chi connectivity index (χ1v) is 5.53. The summed E-state index contributed by atoms with van der Waals surface area (Å²) in [5, 5.41) is 0. The van der Waals surface area contributed by atoms with Gasteiger partial charge in [-0.25, -0.2) is 4.79 Å². The molecule has 15 heavy (non-hydrogen) atoms. The van der Waals surface area contributed by atoms with E-state index >= 15 is 0 Å². The molecule has 1 aromatic rings. The highest BCUT2D eigenvalue weighted by atomic mass is 16.5. The standard InChI is InChI=1S/C13H16O2/c1-10-6-5-9-12(10)15-13(14)11-7-3-2-4-8-11/h2-4,7-8,10,12H,5-6,9H2,1H3/t10-,12-/m0/s1. The van der Waals surface area contributed by atoms with E-state index in [4.69, 9.17) is 4.74 Å². The zero-order valence-corrected chi connectivity index (χ0v) is 8.98. The number of benzene rings is 1. The minimum Gasteiger partial charge on any atom is -0.459 e. The average Bonchev–Trinajstić information content (AvgIpc) is 2.66. The third-order valence-electron chi connectivity index (χ3n) is 3.05. The van der Waals surface area contributed by atoms with Crippen LogP contribution >= 0.6 is 0 Å². The maximum Gasteiger partial charge on any atom is 0.338 e. The lowest BCUT2D eigenvalue weighted by Gasteiger charge is -2.16. The Morgan fingerprint density at radius 1 is 1.27 bits per heavy atom. The van der Waals surface area contributed by atoms with Crippen molar-refractivity contribution in [3.63, 3.8) is 0 Å². The quantitative estimate of drug-likeness (QED) is 0.692. The Bertz CT molecular complexity index is 332. The van der Waals surface area contributed by atoms with Gasteiger partial charge in [-0.15, -0.1) is 0 Å². The SMILES string of the molecule is C[C@H]1CCC[C@@H]1OC(=O)c1ccccc1. The van der Waals surface area contributed by atoms with E-state index in [0.29, 0.717) is 11.5 Å². The molecule has 0 aliphatic heterocycles. The van der Waals surface area contributed by atoms with Crippen molar-refractivity contribution in [3.8, 4) is 0 Å². The summed E-state index contributed by atoms with van der Waals surface area (Å²) in [5.74, 6) is 0.326. The van der Waals surface area contributed by atoms with Gasteiger partial charge in [0.05, 0.1) is 5.56 Å². The third-order valence-corrected chi connectivity index (χ3v) is 3.05. The molecule has 2 rings (SSSR count). The molecule has 0 aromatic heterocycles. The fourth-order valence-corrected chi connectivity index (χ4v) is 2.07. The van der Waals surface area contributed by atoms with Crippen LogP contribution in [0.25, 0.3) is 0 Å². The number of ether oxygens (including phenoxy) is 1. The summed E-state index contributed by atoms with van der Waals surface area (Å²) in [7, 11) is 0. The largest absolute Gasteiger partial charge is 0.459 e. The molecule has 0 N–H and O–H groups in total. The van der Waals surface area contributed by atoms with Gasteiger partial charge in [0, 0.05) is 0 Å². The normalized spacial score (nSPS) is 25.1. The number of carbonyl (C=O) groups excluding carboxylic acids is 1. The van der Waals surface area contributed by atoms with Crippen LogP contribution in [0.2, 0.25) is 0 Å². The first-order valence-electron chi connectivity index (χ1n) is 5.53. The topological polar surface area (TPSA) is 26.3 Å². The average molecular weight is 204 g/mol. The number of rotatable bonds is 2. The molecular formula is C13H16O2.